The van der Waals surface area contributed by atoms with E-state index in [0.717, 1.165) is 5.39 Å². The minimum Gasteiger partial charge on any atom is -0.352 e. The van der Waals surface area contributed by atoms with Crippen molar-refractivity contribution >= 4 is 28.4 Å². The molecule has 2 N–H and O–H groups in total. The minimum absolute atomic E-state index is 0.106. The Morgan fingerprint density at radius 3 is 2.62 bits per heavy atom. The molecular weight excluding hydrogens is 330 g/mol. The molecule has 1 heterocycles. The van der Waals surface area contributed by atoms with E-state index in [1.807, 2.05) is 25.1 Å². The van der Waals surface area contributed by atoms with Crippen molar-refractivity contribution in [3.8, 4) is 0 Å². The Kier molecular flexibility index (Phi) is 5.12. The molecule has 2 aromatic carbocycles. The highest BCUT2D eigenvalue weighted by atomic mass is 16.2. The SMILES string of the molecule is CCNC(=O)c1cccc(NC(=O)Cn2c(=O)ccc3ccccc32)c1. The number of nitrogens with zero attached hydrogens (tertiary/aromatic N) is 1. The monoisotopic (exact) mass is 349 g/mol. The number of carbonyl (C=O) groups is 2. The van der Waals surface area contributed by atoms with Crippen LogP contribution in [0.5, 0.6) is 0 Å². The highest BCUT2D eigenvalue weighted by Gasteiger charge is 2.10. The molecule has 0 aliphatic heterocycles. The number of para-hydroxylation sites is 1. The van der Waals surface area contributed by atoms with Gasteiger partial charge in [0.05, 0.1) is 5.52 Å². The summed E-state index contributed by atoms with van der Waals surface area (Å²) >= 11 is 0. The first-order valence-corrected chi connectivity index (χ1v) is 8.35. The molecule has 1 aromatic heterocycles. The molecule has 6 heteroatoms. The predicted octanol–water partition coefficient (Wildman–Crippen LogP) is 2.39. The molecule has 3 rings (SSSR count). The van der Waals surface area contributed by atoms with Gasteiger partial charge in [-0.05, 0) is 42.6 Å². The average Bonchev–Trinajstić information content (AvgIpc) is 2.64. The third-order valence-electron chi connectivity index (χ3n) is 3.95. The molecule has 0 atom stereocenters. The molecule has 0 unspecified atom stereocenters. The Labute approximate surface area is 150 Å². The summed E-state index contributed by atoms with van der Waals surface area (Å²) in [5.41, 5.74) is 1.43. The van der Waals surface area contributed by atoms with Gasteiger partial charge in [-0.1, -0.05) is 24.3 Å². The standard InChI is InChI=1S/C20H19N3O3/c1-2-21-20(26)15-7-5-8-16(12-15)22-18(24)13-23-17-9-4-3-6-14(17)10-11-19(23)25/h3-12H,2,13H2,1H3,(H,21,26)(H,22,24). The highest BCUT2D eigenvalue weighted by Crippen LogP contribution is 2.13. The van der Waals surface area contributed by atoms with Crippen molar-refractivity contribution in [2.24, 2.45) is 0 Å². The van der Waals surface area contributed by atoms with Crippen LogP contribution in [0, 0.1) is 0 Å². The van der Waals surface area contributed by atoms with Crippen LogP contribution in [0.1, 0.15) is 17.3 Å². The number of hydrogen-bond donors (Lipinski definition) is 2. The summed E-state index contributed by atoms with van der Waals surface area (Å²) in [6.45, 7) is 2.26. The topological polar surface area (TPSA) is 80.2 Å². The second-order valence-electron chi connectivity index (χ2n) is 5.80. The lowest BCUT2D eigenvalue weighted by Gasteiger charge is -2.11. The lowest BCUT2D eigenvalue weighted by Crippen LogP contribution is -2.27. The molecule has 0 bridgehead atoms. The second-order valence-corrected chi connectivity index (χ2v) is 5.80. The van der Waals surface area contributed by atoms with E-state index < -0.39 is 0 Å². The van der Waals surface area contributed by atoms with Crippen molar-refractivity contribution in [3.63, 3.8) is 0 Å². The Hall–Kier alpha value is -3.41. The fraction of sp³-hybridized carbons (Fsp3) is 0.150. The molecular formula is C20H19N3O3. The van der Waals surface area contributed by atoms with E-state index in [-0.39, 0.29) is 23.9 Å². The Morgan fingerprint density at radius 1 is 1.00 bits per heavy atom. The third-order valence-corrected chi connectivity index (χ3v) is 3.95. The largest absolute Gasteiger partial charge is 0.352 e. The molecule has 26 heavy (non-hydrogen) atoms. The lowest BCUT2D eigenvalue weighted by atomic mass is 10.2. The van der Waals surface area contributed by atoms with Gasteiger partial charge in [-0.25, -0.2) is 0 Å². The van der Waals surface area contributed by atoms with Crippen LogP contribution in [0.2, 0.25) is 0 Å². The molecule has 0 fully saturated rings. The fourth-order valence-corrected chi connectivity index (χ4v) is 2.75. The molecule has 0 saturated heterocycles. The third kappa shape index (κ3) is 3.80. The lowest BCUT2D eigenvalue weighted by molar-refractivity contribution is -0.116. The van der Waals surface area contributed by atoms with Gasteiger partial charge in [0.2, 0.25) is 5.91 Å². The quantitative estimate of drug-likeness (QED) is 0.742. The first-order valence-electron chi connectivity index (χ1n) is 8.35. The van der Waals surface area contributed by atoms with Crippen LogP contribution in [0.15, 0.2) is 65.5 Å². The van der Waals surface area contributed by atoms with Crippen molar-refractivity contribution < 1.29 is 9.59 Å². The number of rotatable bonds is 5. The fourth-order valence-electron chi connectivity index (χ4n) is 2.75. The van der Waals surface area contributed by atoms with Crippen molar-refractivity contribution in [2.75, 3.05) is 11.9 Å². The molecule has 6 nitrogen and oxygen atoms in total. The average molecular weight is 349 g/mol. The minimum atomic E-state index is -0.337. The van der Waals surface area contributed by atoms with Crippen LogP contribution in [-0.4, -0.2) is 22.9 Å². The van der Waals surface area contributed by atoms with E-state index in [1.165, 1.54) is 10.6 Å². The maximum atomic E-state index is 12.4. The van der Waals surface area contributed by atoms with Crippen LogP contribution in [0.3, 0.4) is 0 Å². The van der Waals surface area contributed by atoms with Gasteiger partial charge >= 0.3 is 0 Å². The maximum Gasteiger partial charge on any atom is 0.251 e. The molecule has 0 radical (unpaired) electrons. The van der Waals surface area contributed by atoms with Crippen LogP contribution in [0.25, 0.3) is 10.9 Å². The van der Waals surface area contributed by atoms with Gasteiger partial charge in [0.15, 0.2) is 0 Å². The summed E-state index contributed by atoms with van der Waals surface area (Å²) in [5, 5.41) is 6.34. The summed E-state index contributed by atoms with van der Waals surface area (Å²) in [6.07, 6.45) is 0. The molecule has 132 valence electrons. The first kappa shape index (κ1) is 17.4. The van der Waals surface area contributed by atoms with Crippen molar-refractivity contribution in [1.82, 2.24) is 9.88 Å². The van der Waals surface area contributed by atoms with Crippen molar-refractivity contribution in [3.05, 3.63) is 76.6 Å². The van der Waals surface area contributed by atoms with Gasteiger partial charge in [-0.2, -0.15) is 0 Å². The van der Waals surface area contributed by atoms with Gasteiger partial charge in [0, 0.05) is 23.9 Å². The van der Waals surface area contributed by atoms with Gasteiger partial charge < -0.3 is 10.6 Å². The normalized spacial score (nSPS) is 10.5. The number of carbonyl (C=O) groups excluding carboxylic acids is 2. The zero-order valence-electron chi connectivity index (χ0n) is 14.4. The number of aromatic nitrogens is 1. The number of anilines is 1. The van der Waals surface area contributed by atoms with E-state index in [2.05, 4.69) is 10.6 Å². The number of hydrogen-bond acceptors (Lipinski definition) is 3. The smallest absolute Gasteiger partial charge is 0.251 e. The summed E-state index contributed by atoms with van der Waals surface area (Å²) < 4.78 is 1.43. The Bertz CT molecular complexity index is 1020. The molecule has 0 aliphatic carbocycles. The van der Waals surface area contributed by atoms with Gasteiger partial charge in [-0.15, -0.1) is 0 Å². The number of benzene rings is 2. The van der Waals surface area contributed by atoms with Gasteiger partial charge in [0.1, 0.15) is 6.54 Å². The van der Waals surface area contributed by atoms with E-state index in [1.54, 1.807) is 36.4 Å². The van der Waals surface area contributed by atoms with Crippen LogP contribution < -0.4 is 16.2 Å². The van der Waals surface area contributed by atoms with Gasteiger partial charge in [0.25, 0.3) is 11.5 Å². The molecule has 0 spiro atoms. The Balaban J connectivity index is 1.80. The summed E-state index contributed by atoms with van der Waals surface area (Å²) in [6, 6.07) is 17.3. The van der Waals surface area contributed by atoms with Gasteiger partial charge in [-0.3, -0.25) is 19.0 Å². The number of amides is 2. The number of fused-ring (bicyclic) bond motifs is 1. The summed E-state index contributed by atoms with van der Waals surface area (Å²) in [5.74, 6) is -0.537. The molecule has 3 aromatic rings. The summed E-state index contributed by atoms with van der Waals surface area (Å²) in [7, 11) is 0. The van der Waals surface area contributed by atoms with E-state index in [0.29, 0.717) is 23.3 Å². The van der Waals surface area contributed by atoms with Crippen LogP contribution in [-0.2, 0) is 11.3 Å². The van der Waals surface area contributed by atoms with E-state index >= 15 is 0 Å². The highest BCUT2D eigenvalue weighted by molar-refractivity contribution is 5.97. The van der Waals surface area contributed by atoms with E-state index in [9.17, 15) is 14.4 Å². The Morgan fingerprint density at radius 2 is 1.81 bits per heavy atom. The second kappa shape index (κ2) is 7.65. The maximum absolute atomic E-state index is 12.4. The number of nitrogens with one attached hydrogen (secondary N) is 2. The first-order chi connectivity index (χ1) is 12.6. The van der Waals surface area contributed by atoms with Crippen LogP contribution >= 0.6 is 0 Å². The zero-order chi connectivity index (χ0) is 18.5. The predicted molar refractivity (Wildman–Crippen MR) is 101 cm³/mol. The molecule has 0 aliphatic rings. The van der Waals surface area contributed by atoms with Crippen LogP contribution in [0.4, 0.5) is 5.69 Å². The van der Waals surface area contributed by atoms with Crippen molar-refractivity contribution in [1.29, 1.82) is 0 Å². The molecule has 0 saturated carbocycles. The van der Waals surface area contributed by atoms with Crippen molar-refractivity contribution in [2.45, 2.75) is 13.5 Å². The van der Waals surface area contributed by atoms with E-state index in [4.69, 9.17) is 0 Å². The number of pyridine rings is 1. The molecule has 2 amide bonds. The zero-order valence-corrected chi connectivity index (χ0v) is 14.4. The summed E-state index contributed by atoms with van der Waals surface area (Å²) in [4.78, 5) is 36.5.